The van der Waals surface area contributed by atoms with Gasteiger partial charge in [0.2, 0.25) is 0 Å². The third kappa shape index (κ3) is 7.52. The first kappa shape index (κ1) is 57.7. The van der Waals surface area contributed by atoms with Gasteiger partial charge in [-0.05, 0) is 71.4 Å². The standard InChI is InChI=1S/C48B30O/c49-17-3-1(5-8(22(54)39(71)36(68)19(5)51)12-29(61)41(73)45(77)42(74)30(12)62)4-7(21(53)38(70)35(67)18(4)50)2(6(3)20(52)37(69)34(17)66)11-24(56)26(58)13(27(59)25(11)57)9-10-15-32(64)28(60)14-16(33(65)43(75)40(72)31(14)63)47(15)79-48(10)46(78)44(76)23(9)55. The van der Waals surface area contributed by atoms with Crippen LogP contribution < -0.4 is 164 Å². The quantitative estimate of drug-likeness (QED) is 0.127. The van der Waals surface area contributed by atoms with E-state index in [4.69, 9.17) is 240 Å². The third-order valence-electron chi connectivity index (χ3n) is 15.3. The normalized spacial score (nSPS) is 11.8. The van der Waals surface area contributed by atoms with Gasteiger partial charge in [-0.1, -0.05) is 98.3 Å². The topological polar surface area (TPSA) is 13.1 Å². The van der Waals surface area contributed by atoms with Gasteiger partial charge < -0.3 is 4.42 Å². The van der Waals surface area contributed by atoms with Crippen LogP contribution in [0.15, 0.2) is 4.42 Å². The number of benzene rings is 9. The van der Waals surface area contributed by atoms with E-state index < -0.39 is 0 Å². The first-order valence-electron chi connectivity index (χ1n) is 23.1. The van der Waals surface area contributed by atoms with Crippen molar-refractivity contribution in [2.75, 3.05) is 0 Å². The molecule has 9 aromatic carbocycles. The molecule has 1 aromatic heterocycles. The number of furan rings is 1. The second-order valence-corrected chi connectivity index (χ2v) is 19.2. The average Bonchev–Trinajstić information content (AvgIpc) is 3.99. The van der Waals surface area contributed by atoms with E-state index in [0.29, 0.717) is 0 Å². The molecule has 288 valence electrons. The summed E-state index contributed by atoms with van der Waals surface area (Å²) in [5, 5.41) is 0.0855. The fourth-order valence-electron chi connectivity index (χ4n) is 11.0. The molecule has 0 aliphatic heterocycles. The van der Waals surface area contributed by atoms with Gasteiger partial charge in [0.25, 0.3) is 0 Å². The molecule has 10 rings (SSSR count). The van der Waals surface area contributed by atoms with Gasteiger partial charge in [0.15, 0.2) is 0 Å². The van der Waals surface area contributed by atoms with E-state index in [1.165, 1.54) is 0 Å². The van der Waals surface area contributed by atoms with Gasteiger partial charge >= 0.3 is 0 Å². The molecule has 0 aliphatic rings. The summed E-state index contributed by atoms with van der Waals surface area (Å²) in [5.74, 6) is 0. The molecule has 0 fully saturated rings. The Hall–Kier alpha value is -4.49. The fourth-order valence-corrected chi connectivity index (χ4v) is 11.0. The van der Waals surface area contributed by atoms with Crippen LogP contribution in [-0.2, 0) is 0 Å². The lowest BCUT2D eigenvalue weighted by Crippen LogP contribution is -2.57. The van der Waals surface area contributed by atoms with Gasteiger partial charge in [0.05, 0.1) is 0 Å². The lowest BCUT2D eigenvalue weighted by Gasteiger charge is -2.34. The van der Waals surface area contributed by atoms with Crippen LogP contribution in [0, 0.1) is 0 Å². The molecule has 0 amide bonds. The van der Waals surface area contributed by atoms with Crippen LogP contribution in [0.4, 0.5) is 0 Å². The van der Waals surface area contributed by atoms with E-state index in [9.17, 15) is 0 Å². The van der Waals surface area contributed by atoms with Crippen molar-refractivity contribution in [3.05, 3.63) is 0 Å². The summed E-state index contributed by atoms with van der Waals surface area (Å²) >= 11 is 0. The van der Waals surface area contributed by atoms with Crippen molar-refractivity contribution in [3.8, 4) is 44.5 Å². The highest BCUT2D eigenvalue weighted by atomic mass is 16.3. The molecular formula is C48B30O. The SMILES string of the molecule is [B]c1c([B])c([B])c(-c2c([B])c([B])c([B])c([B])c2-c2c3c([B])c([B])c([B])c([B])c3c(-c3c([B])c([B])c(-c4c([B])c([B])c([B])c5oc6c7c([B])c([B])c([B])c([B])c7c([B])c([B])c6c45)c([B])c3[B])c3c([B])c([B])c([B])c([B])c23)c([B])c1[B]. The monoisotopic (exact) mass is 922 g/mol. The van der Waals surface area contributed by atoms with Gasteiger partial charge in [0, 0.05) is 16.2 Å². The predicted molar refractivity (Wildman–Crippen MR) is 370 cm³/mol. The molecular weight excluding hydrogens is 917 g/mol. The summed E-state index contributed by atoms with van der Waals surface area (Å²) in [6.07, 6.45) is 0. The molecule has 0 saturated heterocycles. The predicted octanol–water partition coefficient (Wildman–Crippen LogP) is -22.5. The maximum Gasteiger partial charge on any atom is 0.141 e. The van der Waals surface area contributed by atoms with Crippen molar-refractivity contribution in [1.29, 1.82) is 0 Å². The number of rotatable bonds is 4. The highest BCUT2D eigenvalue weighted by Gasteiger charge is 2.32. The molecule has 0 spiro atoms. The lowest BCUT2D eigenvalue weighted by atomic mass is 9.54. The Kier molecular flexibility index (Phi) is 14.3. The summed E-state index contributed by atoms with van der Waals surface area (Å²) < 4.78 is 6.49. The highest BCUT2D eigenvalue weighted by molar-refractivity contribution is 6.77. The molecule has 79 heavy (non-hydrogen) atoms. The molecule has 60 radical (unpaired) electrons. The molecule has 0 saturated carbocycles. The fraction of sp³-hybridized carbons (Fsp3) is 0. The summed E-state index contributed by atoms with van der Waals surface area (Å²) in [6, 6.07) is 0. The Balaban J connectivity index is 1.46. The zero-order chi connectivity index (χ0) is 58.4. The third-order valence-corrected chi connectivity index (χ3v) is 15.3. The van der Waals surface area contributed by atoms with Crippen molar-refractivity contribution < 1.29 is 4.42 Å². The van der Waals surface area contributed by atoms with Gasteiger partial charge in [0.1, 0.15) is 247 Å². The second kappa shape index (κ2) is 19.6. The number of fused-ring (bicyclic) bond motifs is 7. The van der Waals surface area contributed by atoms with Crippen molar-refractivity contribution in [1.82, 2.24) is 0 Å². The van der Waals surface area contributed by atoms with E-state index in [1.54, 1.807) is 0 Å². The number of hydrogen-bond acceptors (Lipinski definition) is 1. The van der Waals surface area contributed by atoms with Crippen LogP contribution in [0.2, 0.25) is 0 Å². The van der Waals surface area contributed by atoms with Crippen LogP contribution in [0.3, 0.4) is 0 Å². The molecule has 0 unspecified atom stereocenters. The molecule has 31 heteroatoms. The van der Waals surface area contributed by atoms with Crippen molar-refractivity contribution in [2.45, 2.75) is 0 Å². The summed E-state index contributed by atoms with van der Waals surface area (Å²) in [6.45, 7) is 0. The first-order valence-corrected chi connectivity index (χ1v) is 23.1. The Bertz CT molecular complexity index is 4460. The molecule has 0 N–H and O–H groups in total. The maximum atomic E-state index is 7.30. The van der Waals surface area contributed by atoms with Gasteiger partial charge in [-0.15, -0.1) is 65.6 Å². The lowest BCUT2D eigenvalue weighted by molar-refractivity contribution is 0.676. The Morgan fingerprint density at radius 1 is 0.114 bits per heavy atom. The van der Waals surface area contributed by atoms with E-state index in [1.807, 2.05) is 0 Å². The second-order valence-electron chi connectivity index (χ2n) is 19.2. The van der Waals surface area contributed by atoms with Crippen LogP contribution in [0.5, 0.6) is 0 Å². The Morgan fingerprint density at radius 2 is 0.304 bits per heavy atom. The van der Waals surface area contributed by atoms with Crippen LogP contribution in [0.1, 0.15) is 0 Å². The van der Waals surface area contributed by atoms with E-state index in [-0.39, 0.29) is 263 Å². The van der Waals surface area contributed by atoms with E-state index >= 15 is 0 Å². The number of hydrogen-bond donors (Lipinski definition) is 0. The van der Waals surface area contributed by atoms with Crippen molar-refractivity contribution in [2.24, 2.45) is 0 Å². The van der Waals surface area contributed by atoms with E-state index in [2.05, 4.69) is 0 Å². The van der Waals surface area contributed by atoms with Gasteiger partial charge in [-0.3, -0.25) is 0 Å². The highest BCUT2D eigenvalue weighted by Crippen LogP contribution is 2.42. The van der Waals surface area contributed by atoms with Crippen LogP contribution >= 0.6 is 0 Å². The molecule has 0 aliphatic carbocycles. The summed E-state index contributed by atoms with van der Waals surface area (Å²) in [4.78, 5) is 0. The van der Waals surface area contributed by atoms with Crippen molar-refractivity contribution >= 4 is 454 Å². The van der Waals surface area contributed by atoms with Crippen molar-refractivity contribution in [3.63, 3.8) is 0 Å². The molecule has 1 heterocycles. The minimum Gasteiger partial charge on any atom is -0.456 e. The first-order chi connectivity index (χ1) is 36.8. The van der Waals surface area contributed by atoms with Crippen LogP contribution in [-0.4, -0.2) is 235 Å². The summed E-state index contributed by atoms with van der Waals surface area (Å²) in [5.41, 5.74) is -6.93. The minimum atomic E-state index is -0.317. The molecule has 0 atom stereocenters. The summed E-state index contributed by atoms with van der Waals surface area (Å²) in [7, 11) is 204. The van der Waals surface area contributed by atoms with Gasteiger partial charge in [-0.25, -0.2) is 0 Å². The van der Waals surface area contributed by atoms with Gasteiger partial charge in [-0.2, -0.15) is 0 Å². The molecule has 1 nitrogen and oxygen atoms in total. The average molecular weight is 917 g/mol. The Morgan fingerprint density at radius 3 is 0.684 bits per heavy atom. The smallest absolute Gasteiger partial charge is 0.141 e. The largest absolute Gasteiger partial charge is 0.456 e. The zero-order valence-corrected chi connectivity index (χ0v) is 41.7. The van der Waals surface area contributed by atoms with E-state index in [0.717, 1.165) is 0 Å². The van der Waals surface area contributed by atoms with Crippen LogP contribution in [0.25, 0.3) is 98.8 Å². The zero-order valence-electron chi connectivity index (χ0n) is 41.7. The molecule has 10 aromatic rings. The Labute approximate surface area is 498 Å². The molecule has 0 bridgehead atoms. The minimum absolute atomic E-state index is 0.00440. The maximum absolute atomic E-state index is 7.30.